The van der Waals surface area contributed by atoms with Gasteiger partial charge in [0.05, 0.1) is 0 Å². The van der Waals surface area contributed by atoms with E-state index in [2.05, 4.69) is 20.1 Å². The second-order valence-electron chi connectivity index (χ2n) is 4.89. The molecule has 0 aliphatic carbocycles. The molecule has 0 aromatic carbocycles. The number of nitrogens with zero attached hydrogens (tertiary/aromatic N) is 6. The zero-order chi connectivity index (χ0) is 16.8. The molecule has 0 radical (unpaired) electrons. The molecule has 0 saturated carbocycles. The minimum absolute atomic E-state index is 0.148. The van der Waals surface area contributed by atoms with Crippen molar-refractivity contribution in [3.05, 3.63) is 23.7 Å². The fourth-order valence-corrected chi connectivity index (χ4v) is 2.78. The summed E-state index contributed by atoms with van der Waals surface area (Å²) in [7, 11) is 1.68. The van der Waals surface area contributed by atoms with Crippen molar-refractivity contribution < 1.29 is 13.2 Å². The third-order valence-electron chi connectivity index (χ3n) is 3.12. The molecule has 3 heterocycles. The van der Waals surface area contributed by atoms with E-state index in [9.17, 15) is 13.2 Å². The number of rotatable bonds is 3. The Morgan fingerprint density at radius 2 is 2.00 bits per heavy atom. The topological polar surface area (TPSA) is 61.4 Å². The van der Waals surface area contributed by atoms with Gasteiger partial charge in [0.2, 0.25) is 5.95 Å². The molecule has 0 atom stereocenters. The zero-order valence-corrected chi connectivity index (χ0v) is 13.4. The molecule has 3 aromatic heterocycles. The third-order valence-corrected chi connectivity index (χ3v) is 3.93. The average molecular weight is 342 g/mol. The summed E-state index contributed by atoms with van der Waals surface area (Å²) in [5, 5.41) is 3.75. The predicted molar refractivity (Wildman–Crippen MR) is 79.6 cm³/mol. The highest BCUT2D eigenvalue weighted by Gasteiger charge is 2.37. The van der Waals surface area contributed by atoms with Crippen LogP contribution >= 0.6 is 11.8 Å². The lowest BCUT2D eigenvalue weighted by Crippen LogP contribution is -2.10. The third kappa shape index (κ3) is 2.78. The normalized spacial score (nSPS) is 12.3. The van der Waals surface area contributed by atoms with Crippen LogP contribution in [-0.4, -0.2) is 35.1 Å². The van der Waals surface area contributed by atoms with Crippen molar-refractivity contribution in [1.29, 1.82) is 0 Å². The van der Waals surface area contributed by atoms with Crippen molar-refractivity contribution in [1.82, 2.24) is 29.3 Å². The van der Waals surface area contributed by atoms with Crippen LogP contribution in [0.3, 0.4) is 0 Å². The van der Waals surface area contributed by atoms with Crippen LogP contribution < -0.4 is 0 Å². The van der Waals surface area contributed by atoms with Crippen molar-refractivity contribution in [2.45, 2.75) is 25.2 Å². The number of aryl methyl sites for hydroxylation is 2. The first-order valence-corrected chi connectivity index (χ1v) is 7.76. The Morgan fingerprint density at radius 1 is 1.26 bits per heavy atom. The molecule has 3 aromatic rings. The minimum Gasteiger partial charge on any atom is -0.296 e. The van der Waals surface area contributed by atoms with Crippen LogP contribution in [0.5, 0.6) is 0 Å². The second-order valence-corrected chi connectivity index (χ2v) is 6.12. The van der Waals surface area contributed by atoms with Gasteiger partial charge in [-0.2, -0.15) is 22.8 Å². The van der Waals surface area contributed by atoms with E-state index in [0.29, 0.717) is 16.9 Å². The lowest BCUT2D eigenvalue weighted by molar-refractivity contribution is -0.145. The standard InChI is InChI=1S/C13H13F3N6S/c1-4-23-12-19-10(13(14,15)16)20-22(12)11-18-8-5-7(2)6-17-9(8)21(11)3/h5-6H,4H2,1-3H3. The molecule has 0 spiro atoms. The van der Waals surface area contributed by atoms with Gasteiger partial charge in [-0.25, -0.2) is 9.97 Å². The van der Waals surface area contributed by atoms with Crippen molar-refractivity contribution in [2.75, 3.05) is 5.75 Å². The Morgan fingerprint density at radius 3 is 2.65 bits per heavy atom. The summed E-state index contributed by atoms with van der Waals surface area (Å²) in [6.07, 6.45) is -2.92. The van der Waals surface area contributed by atoms with E-state index < -0.39 is 12.0 Å². The van der Waals surface area contributed by atoms with Crippen molar-refractivity contribution in [3.63, 3.8) is 0 Å². The number of fused-ring (bicyclic) bond motifs is 1. The molecule has 0 unspecified atom stereocenters. The van der Waals surface area contributed by atoms with Crippen LogP contribution in [0, 0.1) is 6.92 Å². The maximum atomic E-state index is 12.9. The maximum absolute atomic E-state index is 12.9. The maximum Gasteiger partial charge on any atom is 0.453 e. The van der Waals surface area contributed by atoms with Gasteiger partial charge in [-0.1, -0.05) is 18.7 Å². The largest absolute Gasteiger partial charge is 0.453 e. The molecule has 0 bridgehead atoms. The molecule has 3 rings (SSSR count). The Hall–Kier alpha value is -2.10. The highest BCUT2D eigenvalue weighted by molar-refractivity contribution is 7.99. The number of hydrogen-bond acceptors (Lipinski definition) is 5. The number of aromatic nitrogens is 6. The zero-order valence-electron chi connectivity index (χ0n) is 12.6. The van der Waals surface area contributed by atoms with Gasteiger partial charge in [-0.15, -0.1) is 5.10 Å². The van der Waals surface area contributed by atoms with Gasteiger partial charge in [-0.3, -0.25) is 4.57 Å². The summed E-state index contributed by atoms with van der Waals surface area (Å²) in [5.41, 5.74) is 2.08. The first kappa shape index (κ1) is 15.8. The molecule has 0 aliphatic rings. The van der Waals surface area contributed by atoms with E-state index in [1.165, 1.54) is 11.8 Å². The predicted octanol–water partition coefficient (Wildman–Crippen LogP) is 2.99. The van der Waals surface area contributed by atoms with Crippen LogP contribution in [-0.2, 0) is 13.2 Å². The monoisotopic (exact) mass is 342 g/mol. The summed E-state index contributed by atoms with van der Waals surface area (Å²) in [6.45, 7) is 3.70. The molecule has 10 heteroatoms. The van der Waals surface area contributed by atoms with E-state index in [1.54, 1.807) is 17.8 Å². The fourth-order valence-electron chi connectivity index (χ4n) is 2.12. The van der Waals surface area contributed by atoms with Crippen molar-refractivity contribution >= 4 is 22.9 Å². The number of pyridine rings is 1. The number of alkyl halides is 3. The molecule has 0 saturated heterocycles. The van der Waals surface area contributed by atoms with E-state index in [-0.39, 0.29) is 11.1 Å². The number of thioether (sulfide) groups is 1. The second kappa shape index (κ2) is 5.52. The van der Waals surface area contributed by atoms with Crippen molar-refractivity contribution in [3.8, 4) is 5.95 Å². The van der Waals surface area contributed by atoms with Gasteiger partial charge in [0.25, 0.3) is 5.82 Å². The lowest BCUT2D eigenvalue weighted by atomic mass is 10.3. The van der Waals surface area contributed by atoms with Crippen molar-refractivity contribution in [2.24, 2.45) is 7.05 Å². The van der Waals surface area contributed by atoms with Gasteiger partial charge in [-0.05, 0) is 24.3 Å². The summed E-state index contributed by atoms with van der Waals surface area (Å²) in [5.74, 6) is -0.362. The highest BCUT2D eigenvalue weighted by Crippen LogP contribution is 2.30. The van der Waals surface area contributed by atoms with Gasteiger partial charge in [0.15, 0.2) is 10.8 Å². The van der Waals surface area contributed by atoms with Gasteiger partial charge in [0.1, 0.15) is 5.52 Å². The van der Waals surface area contributed by atoms with E-state index >= 15 is 0 Å². The fraction of sp³-hybridized carbons (Fsp3) is 0.385. The van der Waals surface area contributed by atoms with Crippen LogP contribution in [0.1, 0.15) is 18.3 Å². The lowest BCUT2D eigenvalue weighted by Gasteiger charge is -2.04. The van der Waals surface area contributed by atoms with Crippen LogP contribution in [0.2, 0.25) is 0 Å². The minimum atomic E-state index is -4.60. The summed E-state index contributed by atoms with van der Waals surface area (Å²) in [4.78, 5) is 12.2. The SMILES string of the molecule is CCSc1nc(C(F)(F)F)nn1-c1nc2cc(C)cnc2n1C. The van der Waals surface area contributed by atoms with E-state index in [4.69, 9.17) is 0 Å². The molecule has 0 N–H and O–H groups in total. The Labute approximate surface area is 133 Å². The van der Waals surface area contributed by atoms with Gasteiger partial charge in [0, 0.05) is 13.2 Å². The molecule has 0 aliphatic heterocycles. The Balaban J connectivity index is 2.21. The summed E-state index contributed by atoms with van der Waals surface area (Å²) < 4.78 is 41.4. The Kier molecular flexibility index (Phi) is 3.78. The quantitative estimate of drug-likeness (QED) is 0.685. The molecule has 23 heavy (non-hydrogen) atoms. The smallest absolute Gasteiger partial charge is 0.296 e. The first-order chi connectivity index (χ1) is 10.8. The molecule has 0 fully saturated rings. The molecule has 122 valence electrons. The van der Waals surface area contributed by atoms with E-state index in [0.717, 1.165) is 10.2 Å². The Bertz CT molecular complexity index is 867. The number of halogens is 3. The van der Waals surface area contributed by atoms with Crippen LogP contribution in [0.15, 0.2) is 17.4 Å². The molecule has 6 nitrogen and oxygen atoms in total. The van der Waals surface area contributed by atoms with Crippen LogP contribution in [0.4, 0.5) is 13.2 Å². The van der Waals surface area contributed by atoms with Crippen LogP contribution in [0.25, 0.3) is 17.1 Å². The summed E-state index contributed by atoms with van der Waals surface area (Å²) >= 11 is 1.17. The summed E-state index contributed by atoms with van der Waals surface area (Å²) in [6, 6.07) is 1.82. The molecular weight excluding hydrogens is 329 g/mol. The molecule has 0 amide bonds. The first-order valence-electron chi connectivity index (χ1n) is 6.77. The van der Waals surface area contributed by atoms with Gasteiger partial charge >= 0.3 is 6.18 Å². The van der Waals surface area contributed by atoms with Gasteiger partial charge < -0.3 is 0 Å². The number of hydrogen-bond donors (Lipinski definition) is 0. The highest BCUT2D eigenvalue weighted by atomic mass is 32.2. The average Bonchev–Trinajstić information content (AvgIpc) is 3.01. The number of imidazole rings is 1. The van der Waals surface area contributed by atoms with E-state index in [1.807, 2.05) is 19.9 Å². The molecular formula is C13H13F3N6S.